The summed E-state index contributed by atoms with van der Waals surface area (Å²) in [5.74, 6) is -1.22. The van der Waals surface area contributed by atoms with Gasteiger partial charge in [-0.2, -0.15) is 0 Å². The second-order valence-electron chi connectivity index (χ2n) is 6.80. The summed E-state index contributed by atoms with van der Waals surface area (Å²) in [7, 11) is 0. The van der Waals surface area contributed by atoms with Gasteiger partial charge in [0, 0.05) is 17.5 Å². The van der Waals surface area contributed by atoms with Crippen LogP contribution < -0.4 is 15.7 Å². The van der Waals surface area contributed by atoms with E-state index in [1.165, 1.54) is 13.0 Å². The largest absolute Gasteiger partial charge is 0.481 e. The molecule has 0 fully saturated rings. The van der Waals surface area contributed by atoms with Crippen molar-refractivity contribution >= 4 is 22.8 Å². The van der Waals surface area contributed by atoms with Crippen LogP contribution in [0, 0.1) is 0 Å². The van der Waals surface area contributed by atoms with Crippen LogP contribution in [0.1, 0.15) is 52.0 Å². The predicted molar refractivity (Wildman–Crippen MR) is 106 cm³/mol. The summed E-state index contributed by atoms with van der Waals surface area (Å²) >= 11 is 0. The molecule has 0 radical (unpaired) electrons. The summed E-state index contributed by atoms with van der Waals surface area (Å²) < 4.78 is 10.9. The zero-order valence-electron chi connectivity index (χ0n) is 16.5. The third kappa shape index (κ3) is 5.58. The third-order valence-electron chi connectivity index (χ3n) is 4.48. The number of amides is 1. The number of hydrogen-bond acceptors (Lipinski definition) is 5. The Morgan fingerprint density at radius 1 is 1.21 bits per heavy atom. The summed E-state index contributed by atoms with van der Waals surface area (Å²) in [5.41, 5.74) is 0.901. The Bertz CT molecular complexity index is 888. The van der Waals surface area contributed by atoms with E-state index < -0.39 is 29.6 Å². The standard InChI is InChI=1S/C21H27NO6/c1-4-6-8-14-11-19(23)28-18-12-15(9-10-16(14)18)27-13(3)20(24)22-17(7-5-2)21(25)26/h9-13,17H,4-8H2,1-3H3,(H,22,24)(H,25,26). The summed E-state index contributed by atoms with van der Waals surface area (Å²) in [6, 6.07) is 5.66. The molecule has 0 aliphatic heterocycles. The number of nitrogens with one attached hydrogen (secondary N) is 1. The van der Waals surface area contributed by atoms with Crippen LogP contribution in [-0.2, 0) is 16.0 Å². The van der Waals surface area contributed by atoms with Gasteiger partial charge in [0.15, 0.2) is 6.10 Å². The molecular formula is C21H27NO6. The molecule has 0 bridgehead atoms. The average molecular weight is 389 g/mol. The Hall–Kier alpha value is -2.83. The number of hydrogen-bond donors (Lipinski definition) is 2. The molecule has 1 heterocycles. The smallest absolute Gasteiger partial charge is 0.336 e. The molecule has 1 amide bonds. The first-order valence-electron chi connectivity index (χ1n) is 9.62. The van der Waals surface area contributed by atoms with Crippen LogP contribution in [0.4, 0.5) is 0 Å². The van der Waals surface area contributed by atoms with Gasteiger partial charge in [0.25, 0.3) is 5.91 Å². The summed E-state index contributed by atoms with van der Waals surface area (Å²) in [6.45, 7) is 5.47. The molecule has 2 unspecified atom stereocenters. The zero-order valence-corrected chi connectivity index (χ0v) is 16.5. The lowest BCUT2D eigenvalue weighted by Crippen LogP contribution is -2.46. The lowest BCUT2D eigenvalue weighted by atomic mass is 10.0. The van der Waals surface area contributed by atoms with E-state index in [1.807, 2.05) is 6.92 Å². The number of unbranched alkanes of at least 4 members (excludes halogenated alkanes) is 1. The molecule has 2 N–H and O–H groups in total. The van der Waals surface area contributed by atoms with Gasteiger partial charge >= 0.3 is 11.6 Å². The number of aliphatic carboxylic acids is 1. The number of ether oxygens (including phenoxy) is 1. The lowest BCUT2D eigenvalue weighted by molar-refractivity contribution is -0.143. The molecule has 1 aromatic carbocycles. The van der Waals surface area contributed by atoms with Crippen LogP contribution in [0.2, 0.25) is 0 Å². The molecular weight excluding hydrogens is 362 g/mol. The molecule has 7 nitrogen and oxygen atoms in total. The lowest BCUT2D eigenvalue weighted by Gasteiger charge is -2.18. The Labute approximate surface area is 163 Å². The van der Waals surface area contributed by atoms with Crippen LogP contribution in [0.15, 0.2) is 33.5 Å². The van der Waals surface area contributed by atoms with E-state index in [1.54, 1.807) is 18.2 Å². The van der Waals surface area contributed by atoms with Crippen LogP contribution in [0.3, 0.4) is 0 Å². The van der Waals surface area contributed by atoms with Crippen molar-refractivity contribution in [2.24, 2.45) is 0 Å². The highest BCUT2D eigenvalue weighted by atomic mass is 16.5. The molecule has 152 valence electrons. The van der Waals surface area contributed by atoms with Crippen molar-refractivity contribution in [2.75, 3.05) is 0 Å². The highest BCUT2D eigenvalue weighted by molar-refractivity contribution is 5.86. The highest BCUT2D eigenvalue weighted by Crippen LogP contribution is 2.24. The first kappa shape index (κ1) is 21.5. The van der Waals surface area contributed by atoms with E-state index in [4.69, 9.17) is 14.3 Å². The van der Waals surface area contributed by atoms with Gasteiger partial charge in [-0.1, -0.05) is 26.7 Å². The van der Waals surface area contributed by atoms with Gasteiger partial charge in [-0.15, -0.1) is 0 Å². The van der Waals surface area contributed by atoms with Gasteiger partial charge in [0.1, 0.15) is 17.4 Å². The number of aryl methyl sites for hydroxylation is 1. The van der Waals surface area contributed by atoms with Crippen LogP contribution >= 0.6 is 0 Å². The van der Waals surface area contributed by atoms with E-state index in [2.05, 4.69) is 12.2 Å². The zero-order chi connectivity index (χ0) is 20.7. The SMILES string of the molecule is CCCCc1cc(=O)oc2cc(OC(C)C(=O)NC(CCC)C(=O)O)ccc12. The molecule has 7 heteroatoms. The van der Waals surface area contributed by atoms with Gasteiger partial charge in [-0.3, -0.25) is 4.79 Å². The van der Waals surface area contributed by atoms with Gasteiger partial charge in [0.05, 0.1) is 0 Å². The van der Waals surface area contributed by atoms with Gasteiger partial charge in [-0.25, -0.2) is 9.59 Å². The summed E-state index contributed by atoms with van der Waals surface area (Å²) in [5, 5.41) is 12.5. The quantitative estimate of drug-likeness (QED) is 0.604. The Morgan fingerprint density at radius 3 is 2.61 bits per heavy atom. The second kappa shape index (κ2) is 9.92. The number of carbonyl (C=O) groups excluding carboxylic acids is 1. The first-order chi connectivity index (χ1) is 13.3. The third-order valence-corrected chi connectivity index (χ3v) is 4.48. The fraction of sp³-hybridized carbons (Fsp3) is 0.476. The highest BCUT2D eigenvalue weighted by Gasteiger charge is 2.23. The van der Waals surface area contributed by atoms with Crippen molar-refractivity contribution in [3.05, 3.63) is 40.2 Å². The number of benzene rings is 1. The van der Waals surface area contributed by atoms with Gasteiger partial charge in [0.2, 0.25) is 0 Å². The minimum atomic E-state index is -1.07. The van der Waals surface area contributed by atoms with E-state index in [-0.39, 0.29) is 0 Å². The molecule has 0 saturated carbocycles. The van der Waals surface area contributed by atoms with Crippen molar-refractivity contribution in [2.45, 2.75) is 65.0 Å². The monoisotopic (exact) mass is 389 g/mol. The molecule has 0 saturated heterocycles. The van der Waals surface area contributed by atoms with E-state index in [0.717, 1.165) is 30.2 Å². The van der Waals surface area contributed by atoms with E-state index in [0.29, 0.717) is 24.2 Å². The van der Waals surface area contributed by atoms with Crippen molar-refractivity contribution in [1.29, 1.82) is 0 Å². The van der Waals surface area contributed by atoms with Crippen LogP contribution in [-0.4, -0.2) is 29.1 Å². The van der Waals surface area contributed by atoms with Crippen LogP contribution in [0.5, 0.6) is 5.75 Å². The molecule has 2 rings (SSSR count). The minimum absolute atomic E-state index is 0.343. The number of carboxylic acid groups (broad SMARTS) is 1. The molecule has 0 aliphatic rings. The van der Waals surface area contributed by atoms with Gasteiger partial charge in [-0.05, 0) is 43.9 Å². The number of carboxylic acids is 1. The van der Waals surface area contributed by atoms with Crippen molar-refractivity contribution in [1.82, 2.24) is 5.32 Å². The predicted octanol–water partition coefficient (Wildman–Crippen LogP) is 3.27. The topological polar surface area (TPSA) is 106 Å². The molecule has 0 spiro atoms. The fourth-order valence-electron chi connectivity index (χ4n) is 2.95. The molecule has 1 aromatic heterocycles. The maximum atomic E-state index is 12.3. The molecule has 2 atom stereocenters. The minimum Gasteiger partial charge on any atom is -0.481 e. The molecule has 0 aliphatic carbocycles. The summed E-state index contributed by atoms with van der Waals surface area (Å²) in [6.07, 6.45) is 2.85. The number of rotatable bonds is 10. The average Bonchev–Trinajstić information content (AvgIpc) is 2.65. The van der Waals surface area contributed by atoms with Crippen molar-refractivity contribution in [3.63, 3.8) is 0 Å². The van der Waals surface area contributed by atoms with Crippen LogP contribution in [0.25, 0.3) is 11.0 Å². The first-order valence-corrected chi connectivity index (χ1v) is 9.62. The van der Waals surface area contributed by atoms with E-state index in [9.17, 15) is 14.4 Å². The fourth-order valence-corrected chi connectivity index (χ4v) is 2.95. The second-order valence-corrected chi connectivity index (χ2v) is 6.80. The Balaban J connectivity index is 2.16. The van der Waals surface area contributed by atoms with Gasteiger partial charge < -0.3 is 19.6 Å². The van der Waals surface area contributed by atoms with Crippen molar-refractivity contribution < 1.29 is 23.8 Å². The summed E-state index contributed by atoms with van der Waals surface area (Å²) in [4.78, 5) is 35.3. The normalized spacial score (nSPS) is 13.1. The van der Waals surface area contributed by atoms with E-state index >= 15 is 0 Å². The Kier molecular flexibility index (Phi) is 7.61. The van der Waals surface area contributed by atoms with Crippen molar-refractivity contribution in [3.8, 4) is 5.75 Å². The maximum Gasteiger partial charge on any atom is 0.336 e. The maximum absolute atomic E-state index is 12.3. The molecule has 2 aromatic rings. The number of fused-ring (bicyclic) bond motifs is 1. The molecule has 28 heavy (non-hydrogen) atoms. The number of carbonyl (C=O) groups is 2. The Morgan fingerprint density at radius 2 is 1.96 bits per heavy atom.